The van der Waals surface area contributed by atoms with Crippen molar-refractivity contribution in [3.05, 3.63) is 30.3 Å². The van der Waals surface area contributed by atoms with Crippen LogP contribution in [0.3, 0.4) is 0 Å². The summed E-state index contributed by atoms with van der Waals surface area (Å²) in [5.41, 5.74) is 0.689. The number of aromatic nitrogens is 1. The fourth-order valence-electron chi connectivity index (χ4n) is 3.93. The molecule has 0 unspecified atom stereocenters. The van der Waals surface area contributed by atoms with Gasteiger partial charge in [-0.25, -0.2) is 17.7 Å². The Hall–Kier alpha value is -2.19. The molecular weight excluding hydrogens is 378 g/mol. The number of fused-ring (bicyclic) bond motifs is 1. The molecule has 2 aromatic rings. The van der Waals surface area contributed by atoms with Crippen molar-refractivity contribution in [3.8, 4) is 5.75 Å². The predicted octanol–water partition coefficient (Wildman–Crippen LogP) is 2.41. The molecule has 1 aromatic carbocycles. The molecule has 0 radical (unpaired) electrons. The lowest BCUT2D eigenvalue weighted by Gasteiger charge is -2.28. The van der Waals surface area contributed by atoms with Crippen LogP contribution in [0.5, 0.6) is 5.75 Å². The predicted molar refractivity (Wildman–Crippen MR) is 108 cm³/mol. The first-order valence-corrected chi connectivity index (χ1v) is 11.6. The lowest BCUT2D eigenvalue weighted by molar-refractivity contribution is -0.140. The molecule has 28 heavy (non-hydrogen) atoms. The Bertz CT molecular complexity index is 978. The van der Waals surface area contributed by atoms with E-state index in [9.17, 15) is 13.2 Å². The van der Waals surface area contributed by atoms with E-state index in [0.717, 1.165) is 24.3 Å². The Balaban J connectivity index is 1.51. The maximum atomic E-state index is 12.7. The van der Waals surface area contributed by atoms with Gasteiger partial charge in [0, 0.05) is 31.6 Å². The van der Waals surface area contributed by atoms with Gasteiger partial charge in [0.05, 0.1) is 12.2 Å². The second-order valence-electron chi connectivity index (χ2n) is 7.55. The van der Waals surface area contributed by atoms with Crippen LogP contribution in [0, 0.1) is 5.92 Å². The van der Waals surface area contributed by atoms with Crippen LogP contribution in [0.15, 0.2) is 30.3 Å². The van der Waals surface area contributed by atoms with Crippen LogP contribution < -0.4 is 9.64 Å². The molecule has 0 atom stereocenters. The minimum Gasteiger partial charge on any atom is -0.424 e. The van der Waals surface area contributed by atoms with Gasteiger partial charge in [0.25, 0.3) is 0 Å². The number of para-hydroxylation sites is 1. The summed E-state index contributed by atoms with van der Waals surface area (Å²) in [7, 11) is -3.21. The fourth-order valence-corrected chi connectivity index (χ4v) is 4.80. The number of ether oxygens (including phenoxy) is 1. The van der Waals surface area contributed by atoms with Crippen molar-refractivity contribution in [1.29, 1.82) is 0 Å². The molecule has 0 amide bonds. The molecule has 0 spiro atoms. The second kappa shape index (κ2) is 7.67. The highest BCUT2D eigenvalue weighted by Crippen LogP contribution is 2.29. The Morgan fingerprint density at radius 2 is 1.79 bits per heavy atom. The minimum absolute atomic E-state index is 0.296. The molecule has 3 heterocycles. The highest BCUT2D eigenvalue weighted by Gasteiger charge is 2.30. The molecular formula is C20H25N3O4S. The first kappa shape index (κ1) is 19.1. The van der Waals surface area contributed by atoms with E-state index in [1.807, 2.05) is 24.3 Å². The third kappa shape index (κ3) is 3.98. The molecule has 2 aliphatic heterocycles. The van der Waals surface area contributed by atoms with Gasteiger partial charge >= 0.3 is 5.97 Å². The molecule has 0 saturated carbocycles. The van der Waals surface area contributed by atoms with Gasteiger partial charge in [-0.1, -0.05) is 12.1 Å². The van der Waals surface area contributed by atoms with E-state index in [-0.39, 0.29) is 11.9 Å². The Morgan fingerprint density at radius 1 is 1.07 bits per heavy atom. The topological polar surface area (TPSA) is 79.8 Å². The summed E-state index contributed by atoms with van der Waals surface area (Å²) in [5.74, 6) is 0.771. The highest BCUT2D eigenvalue weighted by molar-refractivity contribution is 7.88. The normalized spacial score (nSPS) is 19.2. The van der Waals surface area contributed by atoms with Gasteiger partial charge in [0.1, 0.15) is 11.3 Å². The van der Waals surface area contributed by atoms with Crippen LogP contribution in [0.4, 0.5) is 5.82 Å². The van der Waals surface area contributed by atoms with E-state index in [4.69, 9.17) is 9.72 Å². The summed E-state index contributed by atoms with van der Waals surface area (Å²) in [6.07, 6.45) is 4.49. The van der Waals surface area contributed by atoms with Gasteiger partial charge < -0.3 is 9.64 Å². The van der Waals surface area contributed by atoms with Gasteiger partial charge in [0.15, 0.2) is 5.75 Å². The van der Waals surface area contributed by atoms with E-state index in [0.29, 0.717) is 37.2 Å². The van der Waals surface area contributed by atoms with Crippen LogP contribution in [0.2, 0.25) is 0 Å². The summed E-state index contributed by atoms with van der Waals surface area (Å²) in [6, 6.07) is 9.61. The number of carbonyl (C=O) groups excluding carboxylic acids is 1. The Labute approximate surface area is 165 Å². The standard InChI is InChI=1S/C20H25N3O4S/c1-28(25,26)23-13-9-16(10-14-23)20(24)27-17-6-4-5-15-7-8-18(21-19(15)17)22-11-2-3-12-22/h4-8,16H,2-3,9-14H2,1H3. The van der Waals surface area contributed by atoms with Crippen molar-refractivity contribution in [2.75, 3.05) is 37.3 Å². The number of carbonyl (C=O) groups is 1. The summed E-state index contributed by atoms with van der Waals surface area (Å²) >= 11 is 0. The largest absolute Gasteiger partial charge is 0.424 e. The van der Waals surface area contributed by atoms with E-state index < -0.39 is 10.0 Å². The molecule has 2 aliphatic rings. The van der Waals surface area contributed by atoms with E-state index in [1.54, 1.807) is 6.07 Å². The molecule has 2 saturated heterocycles. The number of pyridine rings is 1. The molecule has 0 bridgehead atoms. The molecule has 1 aromatic heterocycles. The number of esters is 1. The molecule has 2 fully saturated rings. The Morgan fingerprint density at radius 3 is 2.46 bits per heavy atom. The lowest BCUT2D eigenvalue weighted by Crippen LogP contribution is -2.40. The van der Waals surface area contributed by atoms with Gasteiger partial charge in [-0.15, -0.1) is 0 Å². The van der Waals surface area contributed by atoms with Crippen LogP contribution in [0.25, 0.3) is 10.9 Å². The minimum atomic E-state index is -3.21. The van der Waals surface area contributed by atoms with Gasteiger partial charge in [-0.3, -0.25) is 4.79 Å². The van der Waals surface area contributed by atoms with Crippen molar-refractivity contribution in [3.63, 3.8) is 0 Å². The first-order valence-electron chi connectivity index (χ1n) is 9.73. The number of hydrogen-bond acceptors (Lipinski definition) is 6. The van der Waals surface area contributed by atoms with Gasteiger partial charge in [0.2, 0.25) is 10.0 Å². The van der Waals surface area contributed by atoms with Gasteiger partial charge in [-0.05, 0) is 43.9 Å². The molecule has 150 valence electrons. The van der Waals surface area contributed by atoms with Crippen LogP contribution >= 0.6 is 0 Å². The van der Waals surface area contributed by atoms with Crippen LogP contribution in [0.1, 0.15) is 25.7 Å². The zero-order valence-electron chi connectivity index (χ0n) is 16.0. The van der Waals surface area contributed by atoms with Crippen molar-refractivity contribution < 1.29 is 17.9 Å². The van der Waals surface area contributed by atoms with Crippen molar-refractivity contribution in [2.45, 2.75) is 25.7 Å². The van der Waals surface area contributed by atoms with Crippen LogP contribution in [-0.2, 0) is 14.8 Å². The zero-order chi connectivity index (χ0) is 19.7. The van der Waals surface area contributed by atoms with Crippen LogP contribution in [-0.4, -0.2) is 56.1 Å². The number of rotatable bonds is 4. The lowest BCUT2D eigenvalue weighted by atomic mass is 9.98. The van der Waals surface area contributed by atoms with E-state index >= 15 is 0 Å². The summed E-state index contributed by atoms with van der Waals surface area (Å²) in [5, 5.41) is 0.931. The van der Waals surface area contributed by atoms with E-state index in [1.165, 1.54) is 23.4 Å². The zero-order valence-corrected chi connectivity index (χ0v) is 16.8. The molecule has 8 heteroatoms. The number of anilines is 1. The number of piperidine rings is 1. The molecule has 0 N–H and O–H groups in total. The van der Waals surface area contributed by atoms with Crippen molar-refractivity contribution in [2.24, 2.45) is 5.92 Å². The third-order valence-electron chi connectivity index (χ3n) is 5.57. The Kier molecular flexibility index (Phi) is 5.25. The third-order valence-corrected chi connectivity index (χ3v) is 6.87. The SMILES string of the molecule is CS(=O)(=O)N1CCC(C(=O)Oc2cccc3ccc(N4CCCC4)nc23)CC1. The average Bonchev–Trinajstić information content (AvgIpc) is 3.22. The first-order chi connectivity index (χ1) is 13.4. The molecule has 4 rings (SSSR count). The summed E-state index contributed by atoms with van der Waals surface area (Å²) in [6.45, 7) is 2.70. The smallest absolute Gasteiger partial charge is 0.314 e. The number of benzene rings is 1. The molecule has 0 aliphatic carbocycles. The number of nitrogens with zero attached hydrogens (tertiary/aromatic N) is 3. The maximum Gasteiger partial charge on any atom is 0.314 e. The summed E-state index contributed by atoms with van der Waals surface area (Å²) < 4.78 is 30.4. The van der Waals surface area contributed by atoms with Crippen molar-refractivity contribution >= 4 is 32.7 Å². The summed E-state index contributed by atoms with van der Waals surface area (Å²) in [4.78, 5) is 19.7. The van der Waals surface area contributed by atoms with Crippen molar-refractivity contribution in [1.82, 2.24) is 9.29 Å². The fraction of sp³-hybridized carbons (Fsp3) is 0.500. The second-order valence-corrected chi connectivity index (χ2v) is 9.53. The highest BCUT2D eigenvalue weighted by atomic mass is 32.2. The number of hydrogen-bond donors (Lipinski definition) is 0. The van der Waals surface area contributed by atoms with Gasteiger partial charge in [-0.2, -0.15) is 0 Å². The monoisotopic (exact) mass is 403 g/mol. The average molecular weight is 404 g/mol. The molecule has 7 nitrogen and oxygen atoms in total. The quantitative estimate of drug-likeness (QED) is 0.576. The maximum absolute atomic E-state index is 12.7. The van der Waals surface area contributed by atoms with E-state index in [2.05, 4.69) is 4.90 Å². The number of sulfonamides is 1.